The molecule has 128 valence electrons. The van der Waals surface area contributed by atoms with Gasteiger partial charge in [0.15, 0.2) is 6.04 Å². The molecule has 0 aliphatic heterocycles. The van der Waals surface area contributed by atoms with Gasteiger partial charge in [0.25, 0.3) is 0 Å². The van der Waals surface area contributed by atoms with Gasteiger partial charge in [-0.1, -0.05) is 37.3 Å². The molecule has 0 saturated carbocycles. The molecule has 1 unspecified atom stereocenters. The smallest absolute Gasteiger partial charge is 0.435 e. The second-order valence-electron chi connectivity index (χ2n) is 6.18. The lowest BCUT2D eigenvalue weighted by Gasteiger charge is -2.30. The van der Waals surface area contributed by atoms with E-state index in [0.717, 1.165) is 10.6 Å². The van der Waals surface area contributed by atoms with Crippen LogP contribution in [0.25, 0.3) is 0 Å². The standard InChI is InChI=1S/C17H25NO5/c1-5-11-22-18(16(21)23-17(2,3)4)14(15(19)20)12-13-9-7-6-8-10-13/h6-10,14H,5,11-12H2,1-4H3,(H,19,20). The minimum absolute atomic E-state index is 0.138. The number of carbonyl (C=O) groups is 2. The summed E-state index contributed by atoms with van der Waals surface area (Å²) in [5.41, 5.74) is 0.0642. The van der Waals surface area contributed by atoms with Crippen LogP contribution in [0.3, 0.4) is 0 Å². The summed E-state index contributed by atoms with van der Waals surface area (Å²) in [6, 6.07) is 7.95. The van der Waals surface area contributed by atoms with E-state index in [0.29, 0.717) is 6.42 Å². The predicted octanol–water partition coefficient (Wildman–Crippen LogP) is 3.26. The van der Waals surface area contributed by atoms with Crippen LogP contribution in [0.2, 0.25) is 0 Å². The minimum Gasteiger partial charge on any atom is -0.480 e. The van der Waals surface area contributed by atoms with Gasteiger partial charge in [0, 0.05) is 6.42 Å². The summed E-state index contributed by atoms with van der Waals surface area (Å²) in [6.07, 6.45) is -0.00916. The number of carboxylic acids is 1. The Morgan fingerprint density at radius 2 is 1.83 bits per heavy atom. The van der Waals surface area contributed by atoms with Crippen molar-refractivity contribution in [3.63, 3.8) is 0 Å². The number of aliphatic carboxylic acids is 1. The highest BCUT2D eigenvalue weighted by atomic mass is 16.7. The second-order valence-corrected chi connectivity index (χ2v) is 6.18. The number of carboxylic acid groups (broad SMARTS) is 1. The number of nitrogens with zero attached hydrogens (tertiary/aromatic N) is 1. The highest BCUT2D eigenvalue weighted by molar-refractivity contribution is 5.79. The predicted molar refractivity (Wildman–Crippen MR) is 85.9 cm³/mol. The molecule has 1 amide bonds. The first-order chi connectivity index (χ1) is 10.7. The summed E-state index contributed by atoms with van der Waals surface area (Å²) in [5, 5.41) is 10.4. The van der Waals surface area contributed by atoms with E-state index in [1.54, 1.807) is 20.8 Å². The monoisotopic (exact) mass is 323 g/mol. The maximum Gasteiger partial charge on any atom is 0.435 e. The quantitative estimate of drug-likeness (QED) is 0.779. The van der Waals surface area contributed by atoms with Gasteiger partial charge >= 0.3 is 12.1 Å². The number of ether oxygens (including phenoxy) is 1. The van der Waals surface area contributed by atoms with E-state index in [2.05, 4.69) is 0 Å². The molecule has 1 atom stereocenters. The average Bonchev–Trinajstić information content (AvgIpc) is 2.45. The van der Waals surface area contributed by atoms with E-state index in [9.17, 15) is 14.7 Å². The van der Waals surface area contributed by atoms with Crippen LogP contribution < -0.4 is 0 Å². The van der Waals surface area contributed by atoms with Crippen LogP contribution in [-0.4, -0.2) is 40.5 Å². The van der Waals surface area contributed by atoms with Crippen molar-refractivity contribution in [1.29, 1.82) is 0 Å². The van der Waals surface area contributed by atoms with E-state index in [4.69, 9.17) is 9.57 Å². The van der Waals surface area contributed by atoms with E-state index >= 15 is 0 Å². The van der Waals surface area contributed by atoms with Crippen molar-refractivity contribution < 1.29 is 24.3 Å². The van der Waals surface area contributed by atoms with Crippen molar-refractivity contribution >= 4 is 12.1 Å². The minimum atomic E-state index is -1.15. The Bertz CT molecular complexity index is 509. The molecular weight excluding hydrogens is 298 g/mol. The van der Waals surface area contributed by atoms with E-state index in [-0.39, 0.29) is 13.0 Å². The Balaban J connectivity index is 2.98. The molecule has 6 nitrogen and oxygen atoms in total. The first-order valence-electron chi connectivity index (χ1n) is 7.66. The zero-order valence-electron chi connectivity index (χ0n) is 14.1. The molecule has 0 aromatic heterocycles. The topological polar surface area (TPSA) is 76.1 Å². The van der Waals surface area contributed by atoms with Gasteiger partial charge in [-0.05, 0) is 32.8 Å². The highest BCUT2D eigenvalue weighted by Gasteiger charge is 2.34. The van der Waals surface area contributed by atoms with E-state index in [1.807, 2.05) is 37.3 Å². The lowest BCUT2D eigenvalue weighted by molar-refractivity contribution is -0.187. The van der Waals surface area contributed by atoms with Crippen LogP contribution >= 0.6 is 0 Å². The Hall–Kier alpha value is -2.08. The normalized spacial score (nSPS) is 12.5. The van der Waals surface area contributed by atoms with Gasteiger partial charge < -0.3 is 9.84 Å². The summed E-state index contributed by atoms with van der Waals surface area (Å²) in [6.45, 7) is 7.26. The van der Waals surface area contributed by atoms with E-state index < -0.39 is 23.7 Å². The third-order valence-corrected chi connectivity index (χ3v) is 2.85. The Morgan fingerprint density at radius 1 is 1.22 bits per heavy atom. The fourth-order valence-electron chi connectivity index (χ4n) is 1.87. The van der Waals surface area contributed by atoms with Crippen LogP contribution in [0.4, 0.5) is 4.79 Å². The molecule has 0 radical (unpaired) electrons. The lowest BCUT2D eigenvalue weighted by Crippen LogP contribution is -2.48. The van der Waals surface area contributed by atoms with Crippen molar-refractivity contribution in [3.8, 4) is 0 Å². The van der Waals surface area contributed by atoms with E-state index in [1.165, 1.54) is 0 Å². The zero-order chi connectivity index (χ0) is 17.5. The summed E-state index contributed by atoms with van der Waals surface area (Å²) in [7, 11) is 0. The number of amides is 1. The second kappa shape index (κ2) is 8.53. The molecule has 23 heavy (non-hydrogen) atoms. The zero-order valence-corrected chi connectivity index (χ0v) is 14.1. The molecule has 1 rings (SSSR count). The number of rotatable bonds is 7. The summed E-state index contributed by atoms with van der Waals surface area (Å²) in [5.74, 6) is -1.14. The fraction of sp³-hybridized carbons (Fsp3) is 0.529. The molecular formula is C17H25NO5. The summed E-state index contributed by atoms with van der Waals surface area (Å²) >= 11 is 0. The van der Waals surface area contributed by atoms with Gasteiger partial charge in [0.05, 0.1) is 6.61 Å². The van der Waals surface area contributed by atoms with Gasteiger partial charge in [-0.2, -0.15) is 5.06 Å². The highest BCUT2D eigenvalue weighted by Crippen LogP contribution is 2.16. The van der Waals surface area contributed by atoms with Gasteiger partial charge in [-0.15, -0.1) is 0 Å². The maximum absolute atomic E-state index is 12.3. The Kier molecular flexibility index (Phi) is 7.03. The molecule has 6 heteroatoms. The molecule has 0 fully saturated rings. The van der Waals surface area contributed by atoms with Crippen molar-refractivity contribution in [2.24, 2.45) is 0 Å². The Labute approximate surface area is 137 Å². The average molecular weight is 323 g/mol. The molecule has 1 aromatic carbocycles. The molecule has 1 aromatic rings. The molecule has 0 bridgehead atoms. The summed E-state index contributed by atoms with van der Waals surface area (Å²) < 4.78 is 5.26. The van der Waals surface area contributed by atoms with Crippen LogP contribution in [0.15, 0.2) is 30.3 Å². The first-order valence-corrected chi connectivity index (χ1v) is 7.66. The van der Waals surface area contributed by atoms with Crippen molar-refractivity contribution in [2.45, 2.75) is 52.2 Å². The van der Waals surface area contributed by atoms with Gasteiger partial charge in [-0.3, -0.25) is 4.84 Å². The largest absolute Gasteiger partial charge is 0.480 e. The third-order valence-electron chi connectivity index (χ3n) is 2.85. The van der Waals surface area contributed by atoms with Gasteiger partial charge in [0.1, 0.15) is 5.60 Å². The Morgan fingerprint density at radius 3 is 2.30 bits per heavy atom. The molecule has 0 saturated heterocycles. The van der Waals surface area contributed by atoms with Gasteiger partial charge in [0.2, 0.25) is 0 Å². The number of benzene rings is 1. The molecule has 0 aliphatic rings. The van der Waals surface area contributed by atoms with Crippen molar-refractivity contribution in [2.75, 3.05) is 6.61 Å². The fourth-order valence-corrected chi connectivity index (χ4v) is 1.87. The SMILES string of the molecule is CCCON(C(=O)OC(C)(C)C)C(Cc1ccccc1)C(=O)O. The number of hydroxylamine groups is 2. The maximum atomic E-state index is 12.3. The molecule has 0 spiro atoms. The molecule has 0 aliphatic carbocycles. The van der Waals surface area contributed by atoms with Crippen LogP contribution in [0.1, 0.15) is 39.7 Å². The summed E-state index contributed by atoms with van der Waals surface area (Å²) in [4.78, 5) is 29.3. The lowest BCUT2D eigenvalue weighted by atomic mass is 10.1. The van der Waals surface area contributed by atoms with Crippen LogP contribution in [-0.2, 0) is 20.8 Å². The van der Waals surface area contributed by atoms with Crippen LogP contribution in [0.5, 0.6) is 0 Å². The molecule has 0 heterocycles. The van der Waals surface area contributed by atoms with Crippen molar-refractivity contribution in [1.82, 2.24) is 5.06 Å². The first kappa shape index (κ1) is 19.0. The van der Waals surface area contributed by atoms with Gasteiger partial charge in [-0.25, -0.2) is 9.59 Å². The number of hydrogen-bond donors (Lipinski definition) is 1. The number of carbonyl (C=O) groups excluding carboxylic acids is 1. The van der Waals surface area contributed by atoms with Crippen LogP contribution in [0, 0.1) is 0 Å². The third kappa shape index (κ3) is 6.69. The van der Waals surface area contributed by atoms with Crippen molar-refractivity contribution in [3.05, 3.63) is 35.9 Å². The molecule has 1 N–H and O–H groups in total. The number of hydrogen-bond acceptors (Lipinski definition) is 4.